The van der Waals surface area contributed by atoms with Crippen LogP contribution in [-0.2, 0) is 10.0 Å². The fourth-order valence-corrected chi connectivity index (χ4v) is 3.38. The molecule has 0 aromatic carbocycles. The van der Waals surface area contributed by atoms with E-state index >= 15 is 0 Å². The van der Waals surface area contributed by atoms with Crippen molar-refractivity contribution in [2.75, 3.05) is 12.4 Å². The lowest BCUT2D eigenvalue weighted by molar-refractivity contribution is 0.287. The van der Waals surface area contributed by atoms with E-state index in [0.717, 1.165) is 25.7 Å². The van der Waals surface area contributed by atoms with Crippen LogP contribution in [0.5, 0.6) is 0 Å². The number of sulfonamides is 1. The number of hydrogen-bond donors (Lipinski definition) is 2. The van der Waals surface area contributed by atoms with Gasteiger partial charge in [0.25, 0.3) is 0 Å². The molecule has 0 unspecified atom stereocenters. The second-order valence-corrected chi connectivity index (χ2v) is 6.08. The van der Waals surface area contributed by atoms with Crippen LogP contribution in [0.15, 0.2) is 0 Å². The van der Waals surface area contributed by atoms with Gasteiger partial charge in [0.2, 0.25) is 10.0 Å². The number of hydrogen-bond acceptors (Lipinski definition) is 3. The zero-order valence-electron chi connectivity index (χ0n) is 9.11. The Hall–Kier alpha value is -0.130. The maximum atomic E-state index is 11.6. The Labute approximate surface area is 92.1 Å². The van der Waals surface area contributed by atoms with E-state index in [2.05, 4.69) is 4.72 Å². The van der Waals surface area contributed by atoms with Crippen LogP contribution in [0.4, 0.5) is 0 Å². The maximum absolute atomic E-state index is 11.6. The van der Waals surface area contributed by atoms with Gasteiger partial charge in [0.1, 0.15) is 0 Å². The molecule has 0 aromatic rings. The van der Waals surface area contributed by atoms with Crippen LogP contribution < -0.4 is 4.72 Å². The molecule has 90 valence electrons. The Bertz CT molecular complexity index is 258. The highest BCUT2D eigenvalue weighted by Gasteiger charge is 2.19. The Balaban J connectivity index is 2.27. The van der Waals surface area contributed by atoms with Gasteiger partial charge in [-0.15, -0.1) is 0 Å². The minimum absolute atomic E-state index is 0.0684. The molecular formula is C10H21NO3S. The van der Waals surface area contributed by atoms with Gasteiger partial charge in [-0.2, -0.15) is 0 Å². The van der Waals surface area contributed by atoms with E-state index in [0.29, 0.717) is 12.8 Å². The zero-order valence-corrected chi connectivity index (χ0v) is 9.93. The summed E-state index contributed by atoms with van der Waals surface area (Å²) in [5.74, 6) is 0.143. The summed E-state index contributed by atoms with van der Waals surface area (Å²) >= 11 is 0. The van der Waals surface area contributed by atoms with Crippen LogP contribution in [0.1, 0.15) is 44.9 Å². The van der Waals surface area contributed by atoms with E-state index in [1.54, 1.807) is 0 Å². The molecule has 0 radical (unpaired) electrons. The van der Waals surface area contributed by atoms with Crippen molar-refractivity contribution in [1.82, 2.24) is 4.72 Å². The normalized spacial score (nSPS) is 19.3. The minimum Gasteiger partial charge on any atom is -0.396 e. The summed E-state index contributed by atoms with van der Waals surface area (Å²) < 4.78 is 25.9. The molecule has 4 nitrogen and oxygen atoms in total. The predicted molar refractivity (Wildman–Crippen MR) is 60.1 cm³/mol. The lowest BCUT2D eigenvalue weighted by atomic mass is 9.96. The first kappa shape index (κ1) is 12.9. The standard InChI is InChI=1S/C10H21NO3S/c12-8-4-5-9-15(13,14)11-10-6-2-1-3-7-10/h10-12H,1-9H2. The third kappa shape index (κ3) is 5.49. The predicted octanol–water partition coefficient (Wildman–Crippen LogP) is 1.01. The second-order valence-electron chi connectivity index (χ2n) is 4.20. The van der Waals surface area contributed by atoms with Crippen LogP contribution >= 0.6 is 0 Å². The highest BCUT2D eigenvalue weighted by molar-refractivity contribution is 7.89. The first-order valence-electron chi connectivity index (χ1n) is 5.75. The van der Waals surface area contributed by atoms with Crippen molar-refractivity contribution in [2.24, 2.45) is 0 Å². The van der Waals surface area contributed by atoms with Gasteiger partial charge in [0.05, 0.1) is 5.75 Å². The Kier molecular flexibility index (Phi) is 5.56. The molecule has 0 saturated heterocycles. The number of rotatable bonds is 6. The van der Waals surface area contributed by atoms with Crippen molar-refractivity contribution in [1.29, 1.82) is 0 Å². The summed E-state index contributed by atoms with van der Waals surface area (Å²) in [6.07, 6.45) is 6.53. The van der Waals surface area contributed by atoms with Crippen LogP contribution in [0.3, 0.4) is 0 Å². The quantitative estimate of drug-likeness (QED) is 0.675. The topological polar surface area (TPSA) is 66.4 Å². The number of unbranched alkanes of at least 4 members (excludes halogenated alkanes) is 1. The summed E-state index contributed by atoms with van der Waals surface area (Å²) in [7, 11) is -3.11. The molecule has 0 bridgehead atoms. The molecule has 1 aliphatic rings. The van der Waals surface area contributed by atoms with Gasteiger partial charge in [-0.1, -0.05) is 19.3 Å². The van der Waals surface area contributed by atoms with E-state index in [1.807, 2.05) is 0 Å². The van der Waals surface area contributed by atoms with E-state index in [4.69, 9.17) is 5.11 Å². The molecule has 0 aromatic heterocycles. The summed E-state index contributed by atoms with van der Waals surface area (Å²) in [5.41, 5.74) is 0. The molecule has 0 spiro atoms. The fourth-order valence-electron chi connectivity index (χ4n) is 1.94. The highest BCUT2D eigenvalue weighted by atomic mass is 32.2. The second kappa shape index (κ2) is 6.45. The number of aliphatic hydroxyl groups is 1. The molecule has 1 rings (SSSR count). The van der Waals surface area contributed by atoms with Crippen molar-refractivity contribution in [2.45, 2.75) is 51.0 Å². The van der Waals surface area contributed by atoms with E-state index in [-0.39, 0.29) is 18.4 Å². The van der Waals surface area contributed by atoms with Crippen molar-refractivity contribution < 1.29 is 13.5 Å². The molecule has 5 heteroatoms. The molecule has 0 aliphatic heterocycles. The van der Waals surface area contributed by atoms with Gasteiger partial charge in [-0.25, -0.2) is 13.1 Å². The molecule has 0 heterocycles. The average Bonchev–Trinajstić information content (AvgIpc) is 2.18. The van der Waals surface area contributed by atoms with Gasteiger partial charge in [-0.3, -0.25) is 0 Å². The van der Waals surface area contributed by atoms with E-state index in [9.17, 15) is 8.42 Å². The highest BCUT2D eigenvalue weighted by Crippen LogP contribution is 2.18. The Morgan fingerprint density at radius 3 is 2.40 bits per heavy atom. The van der Waals surface area contributed by atoms with Gasteiger partial charge >= 0.3 is 0 Å². The summed E-state index contributed by atoms with van der Waals surface area (Å²) in [6, 6.07) is 0.151. The summed E-state index contributed by atoms with van der Waals surface area (Å²) in [4.78, 5) is 0. The molecular weight excluding hydrogens is 214 g/mol. The van der Waals surface area contributed by atoms with Crippen molar-refractivity contribution in [3.05, 3.63) is 0 Å². The largest absolute Gasteiger partial charge is 0.396 e. The molecule has 1 aliphatic carbocycles. The lowest BCUT2D eigenvalue weighted by Gasteiger charge is -2.22. The van der Waals surface area contributed by atoms with E-state index in [1.165, 1.54) is 6.42 Å². The number of nitrogens with one attached hydrogen (secondary N) is 1. The molecule has 1 saturated carbocycles. The lowest BCUT2D eigenvalue weighted by Crippen LogP contribution is -2.37. The van der Waals surface area contributed by atoms with Gasteiger partial charge in [0.15, 0.2) is 0 Å². The minimum atomic E-state index is -3.11. The van der Waals surface area contributed by atoms with Crippen molar-refractivity contribution in [3.63, 3.8) is 0 Å². The molecule has 1 fully saturated rings. The zero-order chi connectivity index (χ0) is 11.1. The monoisotopic (exact) mass is 235 g/mol. The summed E-state index contributed by atoms with van der Waals surface area (Å²) in [5, 5.41) is 8.57. The maximum Gasteiger partial charge on any atom is 0.211 e. The van der Waals surface area contributed by atoms with Crippen LogP contribution in [0, 0.1) is 0 Å². The smallest absolute Gasteiger partial charge is 0.211 e. The van der Waals surface area contributed by atoms with Crippen LogP contribution in [0.25, 0.3) is 0 Å². The van der Waals surface area contributed by atoms with Gasteiger partial charge < -0.3 is 5.11 Å². The van der Waals surface area contributed by atoms with Crippen molar-refractivity contribution >= 4 is 10.0 Å². The molecule has 15 heavy (non-hydrogen) atoms. The van der Waals surface area contributed by atoms with Gasteiger partial charge in [0, 0.05) is 12.6 Å². The first-order chi connectivity index (χ1) is 7.14. The first-order valence-corrected chi connectivity index (χ1v) is 7.40. The van der Waals surface area contributed by atoms with Crippen LogP contribution in [-0.4, -0.2) is 31.9 Å². The molecule has 0 amide bonds. The third-order valence-corrected chi connectivity index (χ3v) is 4.29. The van der Waals surface area contributed by atoms with Gasteiger partial charge in [-0.05, 0) is 25.7 Å². The fraction of sp³-hybridized carbons (Fsp3) is 1.00. The van der Waals surface area contributed by atoms with Crippen molar-refractivity contribution in [3.8, 4) is 0 Å². The average molecular weight is 235 g/mol. The SMILES string of the molecule is O=S(=O)(CCCCO)NC1CCCCC1. The molecule has 2 N–H and O–H groups in total. The third-order valence-electron chi connectivity index (χ3n) is 2.77. The molecule has 0 atom stereocenters. The van der Waals surface area contributed by atoms with E-state index < -0.39 is 10.0 Å². The van der Waals surface area contributed by atoms with Crippen LogP contribution in [0.2, 0.25) is 0 Å². The summed E-state index contributed by atoms with van der Waals surface area (Å²) in [6.45, 7) is 0.0684. The number of aliphatic hydroxyl groups excluding tert-OH is 1. The Morgan fingerprint density at radius 1 is 1.13 bits per heavy atom. The Morgan fingerprint density at radius 2 is 1.80 bits per heavy atom.